The minimum Gasteiger partial charge on any atom is -0.358 e. The fourth-order valence-electron chi connectivity index (χ4n) is 2.44. The van der Waals surface area contributed by atoms with Crippen LogP contribution in [0.1, 0.15) is 32.1 Å². The number of anilines is 1. The van der Waals surface area contributed by atoms with Crippen molar-refractivity contribution in [1.82, 2.24) is 5.32 Å². The summed E-state index contributed by atoms with van der Waals surface area (Å²) >= 11 is 12.1. The number of nitrogens with one attached hydrogen (secondary N) is 2. The van der Waals surface area contributed by atoms with Gasteiger partial charge in [0, 0.05) is 12.2 Å². The average Bonchev–Trinajstić information content (AvgIpc) is 2.51. The third kappa shape index (κ3) is 4.40. The van der Waals surface area contributed by atoms with Crippen molar-refractivity contribution in [2.75, 3.05) is 5.32 Å². The number of halogens is 2. The van der Waals surface area contributed by atoms with Crippen LogP contribution in [0.15, 0.2) is 30.0 Å². The molecule has 1 aliphatic carbocycles. The number of benzene rings is 1. The first-order valence-corrected chi connectivity index (χ1v) is 7.99. The van der Waals surface area contributed by atoms with E-state index in [2.05, 4.69) is 10.6 Å². The number of carbonyl (C=O) groups is 1. The zero-order valence-electron chi connectivity index (χ0n) is 12.0. The van der Waals surface area contributed by atoms with Crippen LogP contribution >= 0.6 is 23.2 Å². The molecule has 0 atom stereocenters. The second kappa shape index (κ2) is 8.07. The third-order valence-corrected chi connectivity index (χ3v) is 4.26. The molecule has 0 spiro atoms. The number of carbonyl (C=O) groups excluding carboxylic acids is 1. The van der Waals surface area contributed by atoms with E-state index in [1.54, 1.807) is 18.2 Å². The van der Waals surface area contributed by atoms with Crippen molar-refractivity contribution in [3.8, 4) is 6.07 Å². The Labute approximate surface area is 140 Å². The molecule has 0 unspecified atom stereocenters. The molecule has 22 heavy (non-hydrogen) atoms. The first-order valence-electron chi connectivity index (χ1n) is 7.23. The number of rotatable bonds is 4. The fraction of sp³-hybridized carbons (Fsp3) is 0.375. The molecule has 6 heteroatoms. The topological polar surface area (TPSA) is 64.9 Å². The van der Waals surface area contributed by atoms with E-state index in [0.29, 0.717) is 15.7 Å². The van der Waals surface area contributed by atoms with Gasteiger partial charge in [0.1, 0.15) is 11.6 Å². The Morgan fingerprint density at radius 3 is 2.45 bits per heavy atom. The molecule has 0 heterocycles. The van der Waals surface area contributed by atoms with Crippen LogP contribution in [0.4, 0.5) is 5.69 Å². The molecule has 0 radical (unpaired) electrons. The molecule has 0 saturated heterocycles. The summed E-state index contributed by atoms with van der Waals surface area (Å²) in [6.45, 7) is 0. The van der Waals surface area contributed by atoms with Gasteiger partial charge >= 0.3 is 0 Å². The smallest absolute Gasteiger partial charge is 0.263 e. The molecule has 0 aliphatic heterocycles. The van der Waals surface area contributed by atoms with Gasteiger partial charge in [-0.2, -0.15) is 5.26 Å². The number of nitriles is 1. The van der Waals surface area contributed by atoms with Crippen molar-refractivity contribution >= 4 is 34.8 Å². The fourth-order valence-corrected chi connectivity index (χ4v) is 2.95. The molecule has 4 nitrogen and oxygen atoms in total. The number of para-hydroxylation sites is 1. The Bertz CT molecular complexity index is 596. The predicted molar refractivity (Wildman–Crippen MR) is 88.8 cm³/mol. The second-order valence-corrected chi connectivity index (χ2v) is 6.03. The zero-order valence-corrected chi connectivity index (χ0v) is 13.5. The molecule has 0 aromatic heterocycles. The van der Waals surface area contributed by atoms with E-state index >= 15 is 0 Å². The van der Waals surface area contributed by atoms with E-state index in [9.17, 15) is 4.79 Å². The van der Waals surface area contributed by atoms with E-state index in [1.807, 2.05) is 6.07 Å². The number of hydrogen-bond acceptors (Lipinski definition) is 3. The van der Waals surface area contributed by atoms with Crippen LogP contribution < -0.4 is 10.6 Å². The monoisotopic (exact) mass is 337 g/mol. The average molecular weight is 338 g/mol. The van der Waals surface area contributed by atoms with Crippen LogP contribution in [0, 0.1) is 11.3 Å². The van der Waals surface area contributed by atoms with Crippen molar-refractivity contribution < 1.29 is 4.79 Å². The van der Waals surface area contributed by atoms with Crippen LogP contribution in [-0.2, 0) is 4.79 Å². The maximum Gasteiger partial charge on any atom is 0.263 e. The molecule has 1 aromatic carbocycles. The molecule has 116 valence electrons. The molecule has 1 amide bonds. The second-order valence-electron chi connectivity index (χ2n) is 5.22. The summed E-state index contributed by atoms with van der Waals surface area (Å²) in [5.41, 5.74) is 0.477. The van der Waals surface area contributed by atoms with Crippen LogP contribution in [0.2, 0.25) is 10.0 Å². The van der Waals surface area contributed by atoms with Gasteiger partial charge in [0.15, 0.2) is 0 Å². The van der Waals surface area contributed by atoms with E-state index in [1.165, 1.54) is 12.6 Å². The van der Waals surface area contributed by atoms with E-state index < -0.39 is 0 Å². The summed E-state index contributed by atoms with van der Waals surface area (Å²) in [7, 11) is 0. The van der Waals surface area contributed by atoms with Gasteiger partial charge in [-0.25, -0.2) is 0 Å². The standard InChI is InChI=1S/C16H17Cl2N3O/c17-13-7-4-8-14(18)15(13)20-10-11(9-19)16(22)21-12-5-2-1-3-6-12/h4,7-8,10,12,20H,1-3,5-6H2,(H,21,22)/b11-10-. The lowest BCUT2D eigenvalue weighted by molar-refractivity contribution is -0.118. The predicted octanol–water partition coefficient (Wildman–Crippen LogP) is 4.26. The highest BCUT2D eigenvalue weighted by molar-refractivity contribution is 6.39. The highest BCUT2D eigenvalue weighted by atomic mass is 35.5. The van der Waals surface area contributed by atoms with Crippen molar-refractivity contribution in [3.63, 3.8) is 0 Å². The lowest BCUT2D eigenvalue weighted by atomic mass is 9.95. The van der Waals surface area contributed by atoms with Gasteiger partial charge < -0.3 is 10.6 Å². The third-order valence-electron chi connectivity index (χ3n) is 3.63. The Morgan fingerprint density at radius 1 is 1.23 bits per heavy atom. The van der Waals surface area contributed by atoms with Gasteiger partial charge in [-0.15, -0.1) is 0 Å². The normalized spacial score (nSPS) is 16.0. The van der Waals surface area contributed by atoms with E-state index in [0.717, 1.165) is 25.7 Å². The van der Waals surface area contributed by atoms with Crippen molar-refractivity contribution in [3.05, 3.63) is 40.0 Å². The summed E-state index contributed by atoms with van der Waals surface area (Å²) in [6, 6.07) is 7.13. The molecule has 1 fully saturated rings. The van der Waals surface area contributed by atoms with E-state index in [-0.39, 0.29) is 17.5 Å². The quantitative estimate of drug-likeness (QED) is 0.637. The highest BCUT2D eigenvalue weighted by Crippen LogP contribution is 2.29. The van der Waals surface area contributed by atoms with Gasteiger partial charge in [0.05, 0.1) is 15.7 Å². The molecular formula is C16H17Cl2N3O. The Kier molecular flexibility index (Phi) is 6.11. The molecular weight excluding hydrogens is 321 g/mol. The van der Waals surface area contributed by atoms with Crippen LogP contribution in [-0.4, -0.2) is 11.9 Å². The first-order chi connectivity index (χ1) is 10.6. The molecule has 2 rings (SSSR count). The molecule has 1 aliphatic rings. The van der Waals surface area contributed by atoms with E-state index in [4.69, 9.17) is 28.5 Å². The Balaban J connectivity index is 2.04. The van der Waals surface area contributed by atoms with Gasteiger partial charge in [-0.3, -0.25) is 4.79 Å². The highest BCUT2D eigenvalue weighted by Gasteiger charge is 2.18. The first kappa shape index (κ1) is 16.7. The number of amides is 1. The maximum atomic E-state index is 12.1. The summed E-state index contributed by atoms with van der Waals surface area (Å²) in [6.07, 6.45) is 6.71. The van der Waals surface area contributed by atoms with Crippen LogP contribution in [0.25, 0.3) is 0 Å². The Hall–Kier alpha value is -1.70. The summed E-state index contributed by atoms with van der Waals surface area (Å²) < 4.78 is 0. The summed E-state index contributed by atoms with van der Waals surface area (Å²) in [5, 5.41) is 15.7. The SMILES string of the molecule is N#C/C(=C/Nc1c(Cl)cccc1Cl)C(=O)NC1CCCCC1. The molecule has 1 saturated carbocycles. The van der Waals surface area contributed by atoms with Crippen molar-refractivity contribution in [1.29, 1.82) is 5.26 Å². The summed E-state index contributed by atoms with van der Waals surface area (Å²) in [4.78, 5) is 12.1. The lowest BCUT2D eigenvalue weighted by Crippen LogP contribution is -2.37. The molecule has 2 N–H and O–H groups in total. The Morgan fingerprint density at radius 2 is 1.86 bits per heavy atom. The summed E-state index contributed by atoms with van der Waals surface area (Å²) in [5.74, 6) is -0.370. The van der Waals surface area contributed by atoms with Gasteiger partial charge in [-0.1, -0.05) is 48.5 Å². The van der Waals surface area contributed by atoms with Crippen LogP contribution in [0.3, 0.4) is 0 Å². The zero-order chi connectivity index (χ0) is 15.9. The minimum absolute atomic E-state index is 0.00144. The number of hydrogen-bond donors (Lipinski definition) is 2. The van der Waals surface area contributed by atoms with Gasteiger partial charge in [0.2, 0.25) is 0 Å². The lowest BCUT2D eigenvalue weighted by Gasteiger charge is -2.22. The van der Waals surface area contributed by atoms with Gasteiger partial charge in [0.25, 0.3) is 5.91 Å². The van der Waals surface area contributed by atoms with Crippen molar-refractivity contribution in [2.45, 2.75) is 38.1 Å². The minimum atomic E-state index is -0.370. The molecule has 1 aromatic rings. The van der Waals surface area contributed by atoms with Gasteiger partial charge in [-0.05, 0) is 25.0 Å². The molecule has 0 bridgehead atoms. The van der Waals surface area contributed by atoms with Crippen molar-refractivity contribution in [2.24, 2.45) is 0 Å². The maximum absolute atomic E-state index is 12.1. The largest absolute Gasteiger partial charge is 0.358 e. The van der Waals surface area contributed by atoms with Crippen LogP contribution in [0.5, 0.6) is 0 Å². The number of nitrogens with zero attached hydrogens (tertiary/aromatic N) is 1.